The van der Waals surface area contributed by atoms with Crippen LogP contribution in [0.1, 0.15) is 25.3 Å². The fourth-order valence-electron chi connectivity index (χ4n) is 3.03. The zero-order chi connectivity index (χ0) is 20.4. The zero-order valence-corrected chi connectivity index (χ0v) is 20.2. The van der Waals surface area contributed by atoms with E-state index in [0.29, 0.717) is 23.9 Å². The standard InChI is InChI=1S/C19H29F2N3O3S.HI/c1-4-26-15-7-5-6-14(16(15)27-17(20)21)12-23-18(22-2)24-13-19(28-3)8-10-25-11-9-19;/h5-7,17H,4,8-13H2,1-3H3,(H2,22,23,24);1H. The molecule has 0 atom stereocenters. The fourth-order valence-corrected chi connectivity index (χ4v) is 3.82. The minimum Gasteiger partial charge on any atom is -0.490 e. The molecule has 1 saturated heterocycles. The largest absolute Gasteiger partial charge is 0.490 e. The first-order chi connectivity index (χ1) is 13.5. The molecule has 29 heavy (non-hydrogen) atoms. The molecule has 2 rings (SSSR count). The number of halogens is 3. The molecule has 0 aromatic heterocycles. The van der Waals surface area contributed by atoms with E-state index in [-0.39, 0.29) is 41.0 Å². The summed E-state index contributed by atoms with van der Waals surface area (Å²) in [6, 6.07) is 5.09. The third-order valence-electron chi connectivity index (χ3n) is 4.65. The second kappa shape index (κ2) is 13.3. The van der Waals surface area contributed by atoms with Crippen LogP contribution in [0.2, 0.25) is 0 Å². The zero-order valence-electron chi connectivity index (χ0n) is 17.0. The van der Waals surface area contributed by atoms with Crippen molar-refractivity contribution >= 4 is 41.7 Å². The highest BCUT2D eigenvalue weighted by molar-refractivity contribution is 14.0. The van der Waals surface area contributed by atoms with Crippen LogP contribution in [0.5, 0.6) is 11.5 Å². The molecule has 1 aromatic rings. The van der Waals surface area contributed by atoms with Gasteiger partial charge in [0.2, 0.25) is 0 Å². The Balaban J connectivity index is 0.00000420. The van der Waals surface area contributed by atoms with Crippen LogP contribution in [0, 0.1) is 0 Å². The highest BCUT2D eigenvalue weighted by Gasteiger charge is 2.31. The van der Waals surface area contributed by atoms with Gasteiger partial charge in [-0.3, -0.25) is 4.99 Å². The summed E-state index contributed by atoms with van der Waals surface area (Å²) in [5.74, 6) is 0.950. The summed E-state index contributed by atoms with van der Waals surface area (Å²) in [5, 5.41) is 6.51. The van der Waals surface area contributed by atoms with Crippen molar-refractivity contribution in [1.82, 2.24) is 10.6 Å². The predicted molar refractivity (Wildman–Crippen MR) is 124 cm³/mol. The van der Waals surface area contributed by atoms with Gasteiger partial charge in [0.15, 0.2) is 17.5 Å². The number of nitrogens with one attached hydrogen (secondary N) is 2. The van der Waals surface area contributed by atoms with Crippen LogP contribution in [0.25, 0.3) is 0 Å². The average Bonchev–Trinajstić information content (AvgIpc) is 2.70. The molecule has 1 fully saturated rings. The molecular weight excluding hydrogens is 515 g/mol. The van der Waals surface area contributed by atoms with E-state index in [2.05, 4.69) is 21.9 Å². The van der Waals surface area contributed by atoms with Gasteiger partial charge in [-0.25, -0.2) is 0 Å². The minimum absolute atomic E-state index is 0. The Labute approximate surface area is 192 Å². The van der Waals surface area contributed by atoms with E-state index in [1.807, 2.05) is 11.8 Å². The Kier molecular flexibility index (Phi) is 12.0. The Morgan fingerprint density at radius 3 is 2.62 bits per heavy atom. The van der Waals surface area contributed by atoms with Gasteiger partial charge in [-0.05, 0) is 32.1 Å². The van der Waals surface area contributed by atoms with E-state index in [4.69, 9.17) is 14.2 Å². The van der Waals surface area contributed by atoms with Crippen LogP contribution in [-0.2, 0) is 11.3 Å². The normalized spacial score (nSPS) is 16.1. The first kappa shape index (κ1) is 26.0. The Hall–Kier alpha value is -1.01. The lowest BCUT2D eigenvalue weighted by atomic mass is 9.99. The number of ether oxygens (including phenoxy) is 3. The predicted octanol–water partition coefficient (Wildman–Crippen LogP) is 3.88. The Morgan fingerprint density at radius 2 is 2.03 bits per heavy atom. The van der Waals surface area contributed by atoms with E-state index >= 15 is 0 Å². The third kappa shape index (κ3) is 7.97. The fraction of sp³-hybridized carbons (Fsp3) is 0.632. The van der Waals surface area contributed by atoms with Crippen LogP contribution in [0.3, 0.4) is 0 Å². The number of hydrogen-bond donors (Lipinski definition) is 2. The average molecular weight is 545 g/mol. The quantitative estimate of drug-likeness (QED) is 0.279. The number of alkyl halides is 2. The van der Waals surface area contributed by atoms with Crippen molar-refractivity contribution in [3.8, 4) is 11.5 Å². The molecule has 1 aliphatic rings. The molecule has 1 aliphatic heterocycles. The van der Waals surface area contributed by atoms with Crippen LogP contribution < -0.4 is 20.1 Å². The summed E-state index contributed by atoms with van der Waals surface area (Å²) in [4.78, 5) is 4.24. The van der Waals surface area contributed by atoms with E-state index in [1.54, 1.807) is 32.2 Å². The molecule has 1 heterocycles. The first-order valence-electron chi connectivity index (χ1n) is 9.30. The number of guanidine groups is 1. The third-order valence-corrected chi connectivity index (χ3v) is 6.07. The minimum atomic E-state index is -2.92. The SMILES string of the molecule is CCOc1cccc(CNC(=NC)NCC2(SC)CCOCC2)c1OC(F)F.I. The van der Waals surface area contributed by atoms with Gasteiger partial charge in [-0.15, -0.1) is 24.0 Å². The molecule has 0 aliphatic carbocycles. The van der Waals surface area contributed by atoms with Crippen LogP contribution in [-0.4, -0.2) is 57.0 Å². The lowest BCUT2D eigenvalue weighted by Crippen LogP contribution is -2.47. The molecule has 10 heteroatoms. The van der Waals surface area contributed by atoms with Gasteiger partial charge in [0.25, 0.3) is 0 Å². The van der Waals surface area contributed by atoms with E-state index < -0.39 is 6.61 Å². The summed E-state index contributed by atoms with van der Waals surface area (Å²) < 4.78 is 41.4. The maximum absolute atomic E-state index is 12.8. The van der Waals surface area contributed by atoms with E-state index in [9.17, 15) is 8.78 Å². The summed E-state index contributed by atoms with van der Waals surface area (Å²) >= 11 is 1.83. The van der Waals surface area contributed by atoms with Gasteiger partial charge in [-0.1, -0.05) is 12.1 Å². The highest BCUT2D eigenvalue weighted by atomic mass is 127. The number of rotatable bonds is 9. The van der Waals surface area contributed by atoms with Gasteiger partial charge in [0, 0.05) is 43.7 Å². The van der Waals surface area contributed by atoms with Gasteiger partial charge in [0.05, 0.1) is 6.61 Å². The van der Waals surface area contributed by atoms with E-state index in [0.717, 1.165) is 32.6 Å². The molecule has 0 bridgehead atoms. The number of thioether (sulfide) groups is 1. The molecule has 0 saturated carbocycles. The maximum Gasteiger partial charge on any atom is 0.387 e. The molecule has 0 unspecified atom stereocenters. The van der Waals surface area contributed by atoms with E-state index in [1.165, 1.54) is 0 Å². The molecule has 0 spiro atoms. The molecule has 166 valence electrons. The summed E-state index contributed by atoms with van der Waals surface area (Å²) in [6.45, 7) is 1.77. The van der Waals surface area contributed by atoms with Crippen molar-refractivity contribution in [1.29, 1.82) is 0 Å². The van der Waals surface area contributed by atoms with Crippen molar-refractivity contribution in [2.45, 2.75) is 37.7 Å². The van der Waals surface area contributed by atoms with Gasteiger partial charge in [-0.2, -0.15) is 20.5 Å². The van der Waals surface area contributed by atoms with Crippen molar-refractivity contribution in [2.75, 3.05) is 39.7 Å². The van der Waals surface area contributed by atoms with Crippen molar-refractivity contribution in [3.05, 3.63) is 23.8 Å². The van der Waals surface area contributed by atoms with Crippen molar-refractivity contribution < 1.29 is 23.0 Å². The number of hydrogen-bond acceptors (Lipinski definition) is 5. The highest BCUT2D eigenvalue weighted by Crippen LogP contribution is 2.34. The summed E-state index contributed by atoms with van der Waals surface area (Å²) in [7, 11) is 1.68. The topological polar surface area (TPSA) is 64.1 Å². The second-order valence-electron chi connectivity index (χ2n) is 6.33. The summed E-state index contributed by atoms with van der Waals surface area (Å²) in [6.07, 6.45) is 4.05. The number of benzene rings is 1. The van der Waals surface area contributed by atoms with Crippen LogP contribution >= 0.6 is 35.7 Å². The Morgan fingerprint density at radius 1 is 1.31 bits per heavy atom. The molecule has 6 nitrogen and oxygen atoms in total. The lowest BCUT2D eigenvalue weighted by Gasteiger charge is -2.36. The lowest BCUT2D eigenvalue weighted by molar-refractivity contribution is -0.0520. The van der Waals surface area contributed by atoms with Crippen LogP contribution in [0.4, 0.5) is 8.78 Å². The Bertz CT molecular complexity index is 647. The monoisotopic (exact) mass is 545 g/mol. The molecule has 0 radical (unpaired) electrons. The number of nitrogens with zero attached hydrogens (tertiary/aromatic N) is 1. The smallest absolute Gasteiger partial charge is 0.387 e. The van der Waals surface area contributed by atoms with Gasteiger partial charge in [0.1, 0.15) is 0 Å². The number of aliphatic imine (C=N–C) groups is 1. The first-order valence-corrected chi connectivity index (χ1v) is 10.5. The van der Waals surface area contributed by atoms with Gasteiger partial charge < -0.3 is 24.8 Å². The maximum atomic E-state index is 12.8. The molecule has 0 amide bonds. The van der Waals surface area contributed by atoms with Crippen molar-refractivity contribution in [2.24, 2.45) is 4.99 Å². The number of para-hydroxylation sites is 1. The molecule has 2 N–H and O–H groups in total. The second-order valence-corrected chi connectivity index (χ2v) is 7.61. The molecule has 1 aromatic carbocycles. The molecular formula is C19H30F2IN3O3S. The summed E-state index contributed by atoms with van der Waals surface area (Å²) in [5.41, 5.74) is 0.569. The van der Waals surface area contributed by atoms with Crippen molar-refractivity contribution in [3.63, 3.8) is 0 Å². The van der Waals surface area contributed by atoms with Crippen LogP contribution in [0.15, 0.2) is 23.2 Å². The van der Waals surface area contributed by atoms with Gasteiger partial charge >= 0.3 is 6.61 Å².